The number of nitrogens with one attached hydrogen (secondary N) is 1. The van der Waals surface area contributed by atoms with E-state index in [2.05, 4.69) is 9.46 Å². The van der Waals surface area contributed by atoms with Crippen LogP contribution in [0.25, 0.3) is 0 Å². The lowest BCUT2D eigenvalue weighted by Crippen LogP contribution is -2.51. The highest BCUT2D eigenvalue weighted by atomic mass is 32.2. The standard InChI is InChI=1S/C24H29F4N3O5S/c1-23(2,3)36-22(32)31-14-12-30(13-15-31)16-21(17-4-6-18(25)7-5-17)29-37(33,34)20-10-8-19(9-11-20)35-24(26,27)28/h4-11,21,29H,12-16H2,1-3H3/t21-/m0/s1. The van der Waals surface area contributed by atoms with Crippen LogP contribution >= 0.6 is 0 Å². The number of ether oxygens (including phenoxy) is 2. The fraction of sp³-hybridized carbons (Fsp3) is 0.458. The lowest BCUT2D eigenvalue weighted by atomic mass is 10.1. The number of carbonyl (C=O) groups excluding carboxylic acids is 1. The van der Waals surface area contributed by atoms with Crippen molar-refractivity contribution >= 4 is 16.1 Å². The Balaban J connectivity index is 1.72. The quantitative estimate of drug-likeness (QED) is 0.521. The molecule has 1 fully saturated rings. The van der Waals surface area contributed by atoms with E-state index in [-0.39, 0.29) is 11.4 Å². The van der Waals surface area contributed by atoms with Crippen LogP contribution < -0.4 is 9.46 Å². The molecule has 0 aliphatic carbocycles. The fourth-order valence-electron chi connectivity index (χ4n) is 3.68. The molecule has 0 radical (unpaired) electrons. The Labute approximate surface area is 213 Å². The second-order valence-electron chi connectivity index (χ2n) is 9.51. The lowest BCUT2D eigenvalue weighted by molar-refractivity contribution is -0.274. The molecule has 1 N–H and O–H groups in total. The van der Waals surface area contributed by atoms with E-state index < -0.39 is 45.7 Å². The molecule has 3 rings (SSSR count). The van der Waals surface area contributed by atoms with E-state index in [9.17, 15) is 30.8 Å². The van der Waals surface area contributed by atoms with E-state index in [1.54, 1.807) is 25.7 Å². The fourth-order valence-corrected chi connectivity index (χ4v) is 4.89. The maximum absolute atomic E-state index is 13.5. The van der Waals surface area contributed by atoms with Crippen LogP contribution in [0.5, 0.6) is 5.75 Å². The van der Waals surface area contributed by atoms with Crippen LogP contribution in [0.2, 0.25) is 0 Å². The van der Waals surface area contributed by atoms with Crippen molar-refractivity contribution < 1.29 is 40.2 Å². The Bertz CT molecular complexity index is 1160. The third-order valence-electron chi connectivity index (χ3n) is 5.40. The van der Waals surface area contributed by atoms with Crippen LogP contribution in [-0.2, 0) is 14.8 Å². The molecule has 0 spiro atoms. The topological polar surface area (TPSA) is 88.2 Å². The lowest BCUT2D eigenvalue weighted by Gasteiger charge is -2.37. The van der Waals surface area contributed by atoms with Gasteiger partial charge in [-0.1, -0.05) is 12.1 Å². The van der Waals surface area contributed by atoms with Gasteiger partial charge < -0.3 is 14.4 Å². The number of hydrogen-bond donors (Lipinski definition) is 1. The zero-order chi connectivity index (χ0) is 27.4. The van der Waals surface area contributed by atoms with Gasteiger partial charge in [-0.25, -0.2) is 22.3 Å². The number of alkyl halides is 3. The average molecular weight is 548 g/mol. The van der Waals surface area contributed by atoms with Crippen molar-refractivity contribution in [1.82, 2.24) is 14.5 Å². The first-order valence-corrected chi connectivity index (χ1v) is 12.9. The van der Waals surface area contributed by atoms with Crippen LogP contribution in [0.4, 0.5) is 22.4 Å². The number of benzene rings is 2. The summed E-state index contributed by atoms with van der Waals surface area (Å²) in [5, 5.41) is 0. The molecule has 1 heterocycles. The van der Waals surface area contributed by atoms with Crippen LogP contribution in [-0.4, -0.2) is 69.0 Å². The molecule has 0 saturated carbocycles. The number of piperazine rings is 1. The third-order valence-corrected chi connectivity index (χ3v) is 6.89. The highest BCUT2D eigenvalue weighted by Gasteiger charge is 2.32. The minimum Gasteiger partial charge on any atom is -0.444 e. The van der Waals surface area contributed by atoms with E-state index in [4.69, 9.17) is 4.74 Å². The van der Waals surface area contributed by atoms with Crippen LogP contribution in [0.3, 0.4) is 0 Å². The highest BCUT2D eigenvalue weighted by Crippen LogP contribution is 2.25. The van der Waals surface area contributed by atoms with Crippen LogP contribution in [0, 0.1) is 5.82 Å². The van der Waals surface area contributed by atoms with Crippen LogP contribution in [0.15, 0.2) is 53.4 Å². The first kappa shape index (κ1) is 28.7. The minimum atomic E-state index is -4.90. The normalized spacial score (nSPS) is 16.4. The number of sulfonamides is 1. The summed E-state index contributed by atoms with van der Waals surface area (Å²) in [6.07, 6.45) is -5.33. The molecule has 8 nitrogen and oxygen atoms in total. The van der Waals surface area contributed by atoms with Crippen molar-refractivity contribution in [2.75, 3.05) is 32.7 Å². The number of amides is 1. The Morgan fingerprint density at radius 3 is 2.05 bits per heavy atom. The van der Waals surface area contributed by atoms with Gasteiger partial charge in [0.2, 0.25) is 10.0 Å². The van der Waals surface area contributed by atoms with Gasteiger partial charge in [0.1, 0.15) is 17.2 Å². The molecule has 0 bridgehead atoms. The van der Waals surface area contributed by atoms with Gasteiger partial charge in [-0.15, -0.1) is 13.2 Å². The average Bonchev–Trinajstić information content (AvgIpc) is 2.77. The summed E-state index contributed by atoms with van der Waals surface area (Å²) in [7, 11) is -4.17. The van der Waals surface area contributed by atoms with Crippen molar-refractivity contribution in [3.8, 4) is 5.75 Å². The zero-order valence-corrected chi connectivity index (χ0v) is 21.4. The van der Waals surface area contributed by atoms with Crippen molar-refractivity contribution in [3.63, 3.8) is 0 Å². The number of halogens is 4. The van der Waals surface area contributed by atoms with E-state index in [0.29, 0.717) is 31.7 Å². The SMILES string of the molecule is CC(C)(C)OC(=O)N1CCN(C[C@H](NS(=O)(=O)c2ccc(OC(F)(F)F)cc2)c2ccc(F)cc2)CC1. The predicted octanol–water partition coefficient (Wildman–Crippen LogP) is 4.30. The molecule has 2 aromatic rings. The van der Waals surface area contributed by atoms with Crippen molar-refractivity contribution in [2.24, 2.45) is 0 Å². The smallest absolute Gasteiger partial charge is 0.444 e. The maximum Gasteiger partial charge on any atom is 0.573 e. The Hall–Kier alpha value is -2.90. The molecular formula is C24H29F4N3O5S. The van der Waals surface area contributed by atoms with E-state index >= 15 is 0 Å². The monoisotopic (exact) mass is 547 g/mol. The van der Waals surface area contributed by atoms with Gasteiger partial charge in [0, 0.05) is 32.7 Å². The summed E-state index contributed by atoms with van der Waals surface area (Å²) in [4.78, 5) is 15.6. The molecular weight excluding hydrogens is 518 g/mol. The number of carbonyl (C=O) groups is 1. The molecule has 13 heteroatoms. The minimum absolute atomic E-state index is 0.211. The van der Waals surface area contributed by atoms with Crippen molar-refractivity contribution in [2.45, 2.75) is 43.7 Å². The van der Waals surface area contributed by atoms with Crippen molar-refractivity contribution in [3.05, 3.63) is 59.9 Å². The van der Waals surface area contributed by atoms with Gasteiger partial charge in [0.25, 0.3) is 0 Å². The van der Waals surface area contributed by atoms with Crippen LogP contribution in [0.1, 0.15) is 32.4 Å². The largest absolute Gasteiger partial charge is 0.573 e. The Morgan fingerprint density at radius 2 is 1.54 bits per heavy atom. The van der Waals surface area contributed by atoms with Gasteiger partial charge in [-0.05, 0) is 62.7 Å². The molecule has 1 aliphatic rings. The summed E-state index contributed by atoms with van der Waals surface area (Å²) >= 11 is 0. The molecule has 37 heavy (non-hydrogen) atoms. The highest BCUT2D eigenvalue weighted by molar-refractivity contribution is 7.89. The Morgan fingerprint density at radius 1 is 0.973 bits per heavy atom. The second-order valence-corrected chi connectivity index (χ2v) is 11.2. The van der Waals surface area contributed by atoms with Gasteiger partial charge in [0.05, 0.1) is 10.9 Å². The first-order valence-electron chi connectivity index (χ1n) is 11.5. The molecule has 2 aromatic carbocycles. The number of hydrogen-bond acceptors (Lipinski definition) is 6. The molecule has 1 saturated heterocycles. The predicted molar refractivity (Wildman–Crippen MR) is 127 cm³/mol. The zero-order valence-electron chi connectivity index (χ0n) is 20.6. The molecule has 1 atom stereocenters. The summed E-state index contributed by atoms with van der Waals surface area (Å²) in [6, 6.07) is 8.36. The second kappa shape index (κ2) is 11.2. The summed E-state index contributed by atoms with van der Waals surface area (Å²) in [5.74, 6) is -1.04. The summed E-state index contributed by atoms with van der Waals surface area (Å²) in [6.45, 7) is 7.18. The third kappa shape index (κ3) is 8.86. The molecule has 0 aromatic heterocycles. The van der Waals surface area contributed by atoms with Gasteiger partial charge in [-0.3, -0.25) is 4.90 Å². The van der Waals surface area contributed by atoms with E-state index in [1.807, 2.05) is 4.90 Å². The van der Waals surface area contributed by atoms with Crippen molar-refractivity contribution in [1.29, 1.82) is 0 Å². The van der Waals surface area contributed by atoms with E-state index in [0.717, 1.165) is 24.3 Å². The van der Waals surface area contributed by atoms with Gasteiger partial charge in [0.15, 0.2) is 0 Å². The first-order chi connectivity index (χ1) is 17.1. The van der Waals surface area contributed by atoms with Gasteiger partial charge >= 0.3 is 12.5 Å². The Kier molecular flexibility index (Phi) is 8.70. The number of nitrogens with zero attached hydrogens (tertiary/aromatic N) is 2. The molecule has 1 amide bonds. The van der Waals surface area contributed by atoms with E-state index in [1.165, 1.54) is 24.3 Å². The number of rotatable bonds is 7. The summed E-state index contributed by atoms with van der Waals surface area (Å²) in [5.41, 5.74) is -0.131. The molecule has 204 valence electrons. The molecule has 1 aliphatic heterocycles. The maximum atomic E-state index is 13.5. The molecule has 0 unspecified atom stereocenters. The summed E-state index contributed by atoms with van der Waals surface area (Å²) < 4.78 is 88.6. The van der Waals surface area contributed by atoms with Gasteiger partial charge in [-0.2, -0.15) is 0 Å².